The molecule has 5 nitrogen and oxygen atoms in total. The first-order valence-corrected chi connectivity index (χ1v) is 10.9. The minimum atomic E-state index is -1.07. The van der Waals surface area contributed by atoms with Gasteiger partial charge in [0.2, 0.25) is 0 Å². The van der Waals surface area contributed by atoms with Crippen LogP contribution in [0.25, 0.3) is 11.1 Å². The predicted octanol–water partition coefficient (Wildman–Crippen LogP) is 4.34. The van der Waals surface area contributed by atoms with Crippen molar-refractivity contribution in [2.45, 2.75) is 50.5 Å². The first kappa shape index (κ1) is 20.6. The van der Waals surface area contributed by atoms with Crippen LogP contribution in [-0.2, 0) is 14.3 Å². The summed E-state index contributed by atoms with van der Waals surface area (Å²) in [6.07, 6.45) is 5.30. The van der Waals surface area contributed by atoms with Crippen molar-refractivity contribution in [3.05, 3.63) is 59.7 Å². The fraction of sp³-hybridized carbons (Fsp3) is 0.440. The zero-order valence-electron chi connectivity index (χ0n) is 17.1. The van der Waals surface area contributed by atoms with Crippen molar-refractivity contribution in [3.8, 4) is 11.1 Å². The summed E-state index contributed by atoms with van der Waals surface area (Å²) in [5.41, 5.74) is 10.5. The van der Waals surface area contributed by atoms with E-state index in [0.717, 1.165) is 25.7 Å². The van der Waals surface area contributed by atoms with Crippen molar-refractivity contribution >= 4 is 11.9 Å². The predicted molar refractivity (Wildman–Crippen MR) is 115 cm³/mol. The van der Waals surface area contributed by atoms with E-state index < -0.39 is 17.9 Å². The van der Waals surface area contributed by atoms with Crippen LogP contribution in [0.3, 0.4) is 0 Å². The van der Waals surface area contributed by atoms with Crippen molar-refractivity contribution in [2.24, 2.45) is 17.6 Å². The number of carbonyl (C=O) groups excluding carboxylic acids is 1. The van der Waals surface area contributed by atoms with Crippen LogP contribution >= 0.6 is 0 Å². The van der Waals surface area contributed by atoms with Gasteiger partial charge >= 0.3 is 11.9 Å². The number of aliphatic carboxylic acids is 1. The average molecular weight is 408 g/mol. The van der Waals surface area contributed by atoms with Gasteiger partial charge in [-0.1, -0.05) is 67.8 Å². The molecule has 2 aromatic carbocycles. The Hall–Kier alpha value is -2.66. The van der Waals surface area contributed by atoms with E-state index in [2.05, 4.69) is 24.3 Å². The molecule has 0 saturated heterocycles. The van der Waals surface area contributed by atoms with E-state index >= 15 is 0 Å². The highest BCUT2D eigenvalue weighted by Gasteiger charge is 2.35. The number of carboxylic acids is 1. The molecule has 0 bridgehead atoms. The number of rotatable bonds is 7. The quantitative estimate of drug-likeness (QED) is 0.667. The smallest absolute Gasteiger partial charge is 0.320 e. The summed E-state index contributed by atoms with van der Waals surface area (Å²) >= 11 is 0. The van der Waals surface area contributed by atoms with Gasteiger partial charge in [-0.15, -0.1) is 0 Å². The number of benzene rings is 2. The van der Waals surface area contributed by atoms with Crippen molar-refractivity contribution in [1.82, 2.24) is 0 Å². The molecule has 0 aromatic heterocycles. The summed E-state index contributed by atoms with van der Waals surface area (Å²) < 4.78 is 5.85. The van der Waals surface area contributed by atoms with Crippen LogP contribution in [0.4, 0.5) is 0 Å². The lowest BCUT2D eigenvalue weighted by molar-refractivity contribution is -0.152. The van der Waals surface area contributed by atoms with Crippen LogP contribution < -0.4 is 5.73 Å². The minimum absolute atomic E-state index is 0.00139. The SMILES string of the molecule is NC(CC(C(=O)OCC1c2ccccc2-c2ccccc21)C1CCCCC1)C(=O)O. The molecule has 158 valence electrons. The maximum absolute atomic E-state index is 13.1. The fourth-order valence-corrected chi connectivity index (χ4v) is 5.10. The molecule has 0 aliphatic heterocycles. The second kappa shape index (κ2) is 9.00. The summed E-state index contributed by atoms with van der Waals surface area (Å²) in [5, 5.41) is 9.25. The van der Waals surface area contributed by atoms with E-state index in [9.17, 15) is 14.7 Å². The highest BCUT2D eigenvalue weighted by atomic mass is 16.5. The van der Waals surface area contributed by atoms with Gasteiger partial charge in [0, 0.05) is 5.92 Å². The molecular formula is C25H29NO4. The van der Waals surface area contributed by atoms with Gasteiger partial charge in [0.25, 0.3) is 0 Å². The number of esters is 1. The second-order valence-corrected chi connectivity index (χ2v) is 8.54. The van der Waals surface area contributed by atoms with E-state index in [1.54, 1.807) is 0 Å². The molecule has 2 unspecified atom stereocenters. The maximum atomic E-state index is 13.1. The zero-order chi connectivity index (χ0) is 21.1. The Morgan fingerprint density at radius 3 is 2.10 bits per heavy atom. The number of ether oxygens (including phenoxy) is 1. The van der Waals surface area contributed by atoms with Gasteiger partial charge in [0.05, 0.1) is 5.92 Å². The highest BCUT2D eigenvalue weighted by molar-refractivity contribution is 5.80. The number of fused-ring (bicyclic) bond motifs is 3. The van der Waals surface area contributed by atoms with Gasteiger partial charge in [-0.05, 0) is 47.4 Å². The molecule has 3 N–H and O–H groups in total. The van der Waals surface area contributed by atoms with Gasteiger partial charge in [0.1, 0.15) is 12.6 Å². The molecule has 4 rings (SSSR count). The third kappa shape index (κ3) is 4.12. The first-order valence-electron chi connectivity index (χ1n) is 10.9. The maximum Gasteiger partial charge on any atom is 0.320 e. The zero-order valence-corrected chi connectivity index (χ0v) is 17.1. The molecule has 0 heterocycles. The summed E-state index contributed by atoms with van der Waals surface area (Å²) in [5.74, 6) is -1.67. The van der Waals surface area contributed by atoms with E-state index in [1.165, 1.54) is 28.7 Å². The molecule has 2 atom stereocenters. The summed E-state index contributed by atoms with van der Waals surface area (Å²) in [6.45, 7) is 0.262. The first-order chi connectivity index (χ1) is 14.6. The van der Waals surface area contributed by atoms with Gasteiger partial charge in [-0.2, -0.15) is 0 Å². The van der Waals surface area contributed by atoms with Gasteiger partial charge in [-0.3, -0.25) is 9.59 Å². The topological polar surface area (TPSA) is 89.6 Å². The Morgan fingerprint density at radius 2 is 1.53 bits per heavy atom. The third-order valence-corrected chi connectivity index (χ3v) is 6.70. The number of hydrogen-bond acceptors (Lipinski definition) is 4. The fourth-order valence-electron chi connectivity index (χ4n) is 5.10. The van der Waals surface area contributed by atoms with E-state index in [1.807, 2.05) is 24.3 Å². The summed E-state index contributed by atoms with van der Waals surface area (Å²) in [6, 6.07) is 15.4. The Kier molecular flexibility index (Phi) is 6.18. The number of hydrogen-bond donors (Lipinski definition) is 2. The Labute approximate surface area is 177 Å². The van der Waals surface area contributed by atoms with Gasteiger partial charge in [-0.25, -0.2) is 0 Å². The molecule has 30 heavy (non-hydrogen) atoms. The van der Waals surface area contributed by atoms with E-state index in [-0.39, 0.29) is 30.8 Å². The van der Waals surface area contributed by atoms with Crippen LogP contribution in [0.5, 0.6) is 0 Å². The van der Waals surface area contributed by atoms with Crippen LogP contribution in [0.1, 0.15) is 55.6 Å². The molecule has 0 radical (unpaired) electrons. The van der Waals surface area contributed by atoms with Crippen molar-refractivity contribution in [2.75, 3.05) is 6.61 Å². The molecule has 2 aliphatic carbocycles. The second-order valence-electron chi connectivity index (χ2n) is 8.54. The molecule has 0 amide bonds. The molecular weight excluding hydrogens is 378 g/mol. The van der Waals surface area contributed by atoms with Crippen LogP contribution in [-0.4, -0.2) is 29.7 Å². The highest BCUT2D eigenvalue weighted by Crippen LogP contribution is 2.44. The van der Waals surface area contributed by atoms with Crippen LogP contribution in [0.15, 0.2) is 48.5 Å². The van der Waals surface area contributed by atoms with Gasteiger partial charge in [0.15, 0.2) is 0 Å². The van der Waals surface area contributed by atoms with Crippen molar-refractivity contribution in [1.29, 1.82) is 0 Å². The molecule has 2 aliphatic rings. The Balaban J connectivity index is 1.51. The molecule has 1 saturated carbocycles. The van der Waals surface area contributed by atoms with Crippen LogP contribution in [0.2, 0.25) is 0 Å². The summed E-state index contributed by atoms with van der Waals surface area (Å²) in [4.78, 5) is 24.4. The number of carboxylic acid groups (broad SMARTS) is 1. The Morgan fingerprint density at radius 1 is 0.967 bits per heavy atom. The lowest BCUT2D eigenvalue weighted by Gasteiger charge is -2.30. The third-order valence-electron chi connectivity index (χ3n) is 6.70. The van der Waals surface area contributed by atoms with Gasteiger partial charge < -0.3 is 15.6 Å². The van der Waals surface area contributed by atoms with E-state index in [4.69, 9.17) is 10.5 Å². The number of carbonyl (C=O) groups is 2. The minimum Gasteiger partial charge on any atom is -0.480 e. The largest absolute Gasteiger partial charge is 0.480 e. The molecule has 5 heteroatoms. The lowest BCUT2D eigenvalue weighted by Crippen LogP contribution is -2.38. The standard InChI is InChI=1S/C25H29NO4/c26-23(24(27)28)14-21(16-8-2-1-3-9-16)25(29)30-15-22-19-12-6-4-10-17(19)18-11-5-7-13-20(18)22/h4-7,10-13,16,21-23H,1-3,8-9,14-15,26H2,(H,27,28). The van der Waals surface area contributed by atoms with Crippen LogP contribution in [0, 0.1) is 11.8 Å². The lowest BCUT2D eigenvalue weighted by atomic mass is 9.77. The monoisotopic (exact) mass is 407 g/mol. The molecule has 2 aromatic rings. The van der Waals surface area contributed by atoms with Crippen molar-refractivity contribution < 1.29 is 19.4 Å². The molecule has 1 fully saturated rings. The van der Waals surface area contributed by atoms with Crippen molar-refractivity contribution in [3.63, 3.8) is 0 Å². The Bertz CT molecular complexity index is 873. The molecule has 0 spiro atoms. The summed E-state index contributed by atoms with van der Waals surface area (Å²) in [7, 11) is 0. The number of nitrogens with two attached hydrogens (primary N) is 1. The average Bonchev–Trinajstić information content (AvgIpc) is 3.10. The van der Waals surface area contributed by atoms with E-state index in [0.29, 0.717) is 0 Å². The normalized spacial score (nSPS) is 18.3.